The lowest BCUT2D eigenvalue weighted by molar-refractivity contribution is 0.102. The van der Waals surface area contributed by atoms with Gasteiger partial charge in [0, 0.05) is 28.0 Å². The summed E-state index contributed by atoms with van der Waals surface area (Å²) >= 11 is 1.66. The third-order valence-electron chi connectivity index (χ3n) is 3.42. The molecule has 0 aliphatic rings. The van der Waals surface area contributed by atoms with Crippen molar-refractivity contribution in [3.05, 3.63) is 42.0 Å². The monoisotopic (exact) mass is 361 g/mol. The van der Waals surface area contributed by atoms with Gasteiger partial charge in [-0.2, -0.15) is 0 Å². The molecule has 0 aliphatic heterocycles. The number of hydrogen-bond donors (Lipinski definition) is 1. The minimum absolute atomic E-state index is 0.182. The molecule has 0 aromatic heterocycles. The maximum Gasteiger partial charge on any atom is 0.256 e. The first-order valence-corrected chi connectivity index (χ1v) is 8.75. The number of hydrogen-bond acceptors (Lipinski definition) is 5. The van der Waals surface area contributed by atoms with Crippen molar-refractivity contribution in [2.45, 2.75) is 24.0 Å². The largest absolute Gasteiger partial charge is 0.493 e. The summed E-state index contributed by atoms with van der Waals surface area (Å²) < 4.78 is 15.9. The summed E-state index contributed by atoms with van der Waals surface area (Å²) in [6.07, 6.45) is 0. The highest BCUT2D eigenvalue weighted by Gasteiger charge is 2.17. The summed E-state index contributed by atoms with van der Waals surface area (Å²) in [7, 11) is 4.62. The number of carbonyl (C=O) groups is 1. The van der Waals surface area contributed by atoms with Gasteiger partial charge < -0.3 is 19.5 Å². The van der Waals surface area contributed by atoms with Crippen LogP contribution in [0.4, 0.5) is 5.69 Å². The van der Waals surface area contributed by atoms with E-state index in [0.717, 1.165) is 4.90 Å². The van der Waals surface area contributed by atoms with Crippen molar-refractivity contribution in [3.63, 3.8) is 0 Å². The SMILES string of the molecule is COc1cc(NC(=O)c2ccccc2SC(C)C)cc(OC)c1OC. The maximum atomic E-state index is 12.7. The second-order valence-electron chi connectivity index (χ2n) is 5.53. The fraction of sp³-hybridized carbons (Fsp3) is 0.316. The second kappa shape index (κ2) is 8.67. The summed E-state index contributed by atoms with van der Waals surface area (Å²) in [4.78, 5) is 13.7. The predicted molar refractivity (Wildman–Crippen MR) is 101 cm³/mol. The topological polar surface area (TPSA) is 56.8 Å². The summed E-state index contributed by atoms with van der Waals surface area (Å²) in [5.74, 6) is 1.28. The first-order valence-electron chi connectivity index (χ1n) is 7.87. The van der Waals surface area contributed by atoms with Gasteiger partial charge in [0.15, 0.2) is 11.5 Å². The smallest absolute Gasteiger partial charge is 0.256 e. The van der Waals surface area contributed by atoms with E-state index in [1.54, 1.807) is 23.9 Å². The Morgan fingerprint density at radius 2 is 1.60 bits per heavy atom. The fourth-order valence-corrected chi connectivity index (χ4v) is 3.32. The maximum absolute atomic E-state index is 12.7. The highest BCUT2D eigenvalue weighted by atomic mass is 32.2. The van der Waals surface area contributed by atoms with Crippen molar-refractivity contribution < 1.29 is 19.0 Å². The van der Waals surface area contributed by atoms with Gasteiger partial charge in [0.25, 0.3) is 5.91 Å². The van der Waals surface area contributed by atoms with E-state index < -0.39 is 0 Å². The van der Waals surface area contributed by atoms with Gasteiger partial charge in [-0.15, -0.1) is 11.8 Å². The minimum atomic E-state index is -0.182. The van der Waals surface area contributed by atoms with Crippen LogP contribution in [0.2, 0.25) is 0 Å². The molecule has 0 spiro atoms. The Bertz CT molecular complexity index is 721. The Morgan fingerprint density at radius 3 is 2.12 bits per heavy atom. The molecule has 0 saturated carbocycles. The van der Waals surface area contributed by atoms with Crippen LogP contribution in [0.5, 0.6) is 17.2 Å². The Hall–Kier alpha value is -2.34. The summed E-state index contributed by atoms with van der Waals surface area (Å²) in [6, 6.07) is 11.0. The molecule has 0 heterocycles. The zero-order chi connectivity index (χ0) is 18.4. The van der Waals surface area contributed by atoms with Crippen molar-refractivity contribution in [2.75, 3.05) is 26.6 Å². The molecule has 0 bridgehead atoms. The molecule has 2 rings (SSSR count). The zero-order valence-electron chi connectivity index (χ0n) is 15.1. The molecular formula is C19H23NO4S. The number of rotatable bonds is 7. The highest BCUT2D eigenvalue weighted by Crippen LogP contribution is 2.40. The molecule has 25 heavy (non-hydrogen) atoms. The van der Waals surface area contributed by atoms with Gasteiger partial charge >= 0.3 is 0 Å². The van der Waals surface area contributed by atoms with Gasteiger partial charge in [0.1, 0.15) is 0 Å². The lowest BCUT2D eigenvalue weighted by Crippen LogP contribution is -2.13. The standard InChI is InChI=1S/C19H23NO4S/c1-12(2)25-17-9-7-6-8-14(17)19(21)20-13-10-15(22-3)18(24-5)16(11-13)23-4/h6-12H,1-5H3,(H,20,21). The molecule has 5 nitrogen and oxygen atoms in total. The van der Waals surface area contributed by atoms with E-state index in [2.05, 4.69) is 19.2 Å². The second-order valence-corrected chi connectivity index (χ2v) is 7.15. The van der Waals surface area contributed by atoms with Crippen LogP contribution < -0.4 is 19.5 Å². The molecule has 0 saturated heterocycles. The van der Waals surface area contributed by atoms with Crippen LogP contribution in [0.15, 0.2) is 41.3 Å². The number of methoxy groups -OCH3 is 3. The first kappa shape index (κ1) is 19.0. The quantitative estimate of drug-likeness (QED) is 0.738. The van der Waals surface area contributed by atoms with E-state index in [4.69, 9.17) is 14.2 Å². The molecule has 134 valence electrons. The Morgan fingerprint density at radius 1 is 1.00 bits per heavy atom. The van der Waals surface area contributed by atoms with Gasteiger partial charge in [-0.3, -0.25) is 4.79 Å². The number of ether oxygens (including phenoxy) is 3. The molecule has 0 radical (unpaired) electrons. The van der Waals surface area contributed by atoms with Gasteiger partial charge in [-0.25, -0.2) is 0 Å². The van der Waals surface area contributed by atoms with E-state index >= 15 is 0 Å². The van der Waals surface area contributed by atoms with Crippen molar-refractivity contribution in [3.8, 4) is 17.2 Å². The minimum Gasteiger partial charge on any atom is -0.493 e. The van der Waals surface area contributed by atoms with Gasteiger partial charge in [-0.05, 0) is 12.1 Å². The summed E-state index contributed by atoms with van der Waals surface area (Å²) in [5.41, 5.74) is 1.21. The summed E-state index contributed by atoms with van der Waals surface area (Å²) in [5, 5.41) is 3.29. The molecule has 0 unspecified atom stereocenters. The first-order chi connectivity index (χ1) is 12.0. The van der Waals surface area contributed by atoms with E-state index in [0.29, 0.717) is 33.7 Å². The van der Waals surface area contributed by atoms with Gasteiger partial charge in [0.05, 0.1) is 26.9 Å². The predicted octanol–water partition coefficient (Wildman–Crippen LogP) is 4.47. The lowest BCUT2D eigenvalue weighted by Gasteiger charge is -2.15. The van der Waals surface area contributed by atoms with E-state index in [9.17, 15) is 4.79 Å². The number of amides is 1. The third-order valence-corrected chi connectivity index (χ3v) is 4.50. The number of thioether (sulfide) groups is 1. The van der Waals surface area contributed by atoms with Crippen molar-refractivity contribution in [1.29, 1.82) is 0 Å². The normalized spacial score (nSPS) is 10.5. The third kappa shape index (κ3) is 4.60. The van der Waals surface area contributed by atoms with Crippen molar-refractivity contribution in [1.82, 2.24) is 0 Å². The van der Waals surface area contributed by atoms with Crippen LogP contribution in [0.25, 0.3) is 0 Å². The van der Waals surface area contributed by atoms with Crippen LogP contribution in [0.1, 0.15) is 24.2 Å². The van der Waals surface area contributed by atoms with Crippen LogP contribution in [0.3, 0.4) is 0 Å². The molecular weight excluding hydrogens is 338 g/mol. The zero-order valence-corrected chi connectivity index (χ0v) is 15.9. The number of nitrogens with one attached hydrogen (secondary N) is 1. The van der Waals surface area contributed by atoms with Crippen LogP contribution in [0, 0.1) is 0 Å². The molecule has 1 amide bonds. The van der Waals surface area contributed by atoms with Gasteiger partial charge in [0.2, 0.25) is 5.75 Å². The number of carbonyl (C=O) groups excluding carboxylic acids is 1. The van der Waals surface area contributed by atoms with E-state index in [1.165, 1.54) is 21.3 Å². The molecule has 6 heteroatoms. The van der Waals surface area contributed by atoms with Crippen LogP contribution >= 0.6 is 11.8 Å². The Kier molecular flexibility index (Phi) is 6.58. The highest BCUT2D eigenvalue weighted by molar-refractivity contribution is 8.00. The van der Waals surface area contributed by atoms with Crippen molar-refractivity contribution >= 4 is 23.4 Å². The van der Waals surface area contributed by atoms with E-state index in [1.807, 2.05) is 24.3 Å². The number of anilines is 1. The summed E-state index contributed by atoms with van der Waals surface area (Å²) in [6.45, 7) is 4.19. The molecule has 1 N–H and O–H groups in total. The number of benzene rings is 2. The van der Waals surface area contributed by atoms with E-state index in [-0.39, 0.29) is 5.91 Å². The Balaban J connectivity index is 2.32. The van der Waals surface area contributed by atoms with Crippen molar-refractivity contribution in [2.24, 2.45) is 0 Å². The fourth-order valence-electron chi connectivity index (χ4n) is 2.36. The Labute approximate surface area is 152 Å². The average molecular weight is 361 g/mol. The molecule has 0 atom stereocenters. The van der Waals surface area contributed by atoms with Gasteiger partial charge in [-0.1, -0.05) is 26.0 Å². The van der Waals surface area contributed by atoms with Crippen LogP contribution in [-0.4, -0.2) is 32.5 Å². The molecule has 2 aromatic rings. The van der Waals surface area contributed by atoms with Crippen LogP contribution in [-0.2, 0) is 0 Å². The molecule has 2 aromatic carbocycles. The molecule has 0 aliphatic carbocycles. The lowest BCUT2D eigenvalue weighted by atomic mass is 10.2. The molecule has 0 fully saturated rings. The average Bonchev–Trinajstić information content (AvgIpc) is 2.60.